The van der Waals surface area contributed by atoms with Gasteiger partial charge in [-0.05, 0) is 61.7 Å². The van der Waals surface area contributed by atoms with E-state index in [9.17, 15) is 4.79 Å². The van der Waals surface area contributed by atoms with E-state index in [1.54, 1.807) is 0 Å². The van der Waals surface area contributed by atoms with Gasteiger partial charge in [-0.25, -0.2) is 4.79 Å². The van der Waals surface area contributed by atoms with Gasteiger partial charge in [0, 0.05) is 30.9 Å². The highest BCUT2D eigenvalue weighted by Crippen LogP contribution is 2.30. The van der Waals surface area contributed by atoms with Crippen molar-refractivity contribution >= 4 is 11.7 Å². The number of ether oxygens (including phenoxy) is 1. The summed E-state index contributed by atoms with van der Waals surface area (Å²) in [5.74, 6) is 2.15. The van der Waals surface area contributed by atoms with Gasteiger partial charge in [0.05, 0.1) is 0 Å². The molecular weight excluding hydrogens is 398 g/mol. The molecule has 2 heterocycles. The first-order valence-corrected chi connectivity index (χ1v) is 11.4. The second-order valence-corrected chi connectivity index (χ2v) is 8.65. The molecule has 0 bridgehead atoms. The van der Waals surface area contributed by atoms with Gasteiger partial charge in [0.25, 0.3) is 0 Å². The number of para-hydroxylation sites is 1. The standard InChI is InChI=1S/C27H29N3O2/c31-27(28-23-10-7-13-26(18-23)32-25-11-5-2-6-12-25)30-19-24(20-30)29-16-14-22(15-17-29)21-8-3-1-4-9-21/h1-13,18,22,24H,14-17,19-20H2,(H,28,31). The van der Waals surface area contributed by atoms with E-state index in [-0.39, 0.29) is 6.03 Å². The average molecular weight is 428 g/mol. The Hall–Kier alpha value is -3.31. The predicted molar refractivity (Wildman–Crippen MR) is 127 cm³/mol. The van der Waals surface area contributed by atoms with Crippen LogP contribution in [0.5, 0.6) is 11.5 Å². The molecule has 3 aromatic rings. The molecule has 2 amide bonds. The molecule has 2 saturated heterocycles. The highest BCUT2D eigenvalue weighted by Gasteiger charge is 2.36. The van der Waals surface area contributed by atoms with Crippen LogP contribution in [-0.4, -0.2) is 48.1 Å². The maximum atomic E-state index is 12.7. The van der Waals surface area contributed by atoms with Crippen molar-refractivity contribution in [3.8, 4) is 11.5 Å². The van der Waals surface area contributed by atoms with E-state index in [4.69, 9.17) is 4.74 Å². The summed E-state index contributed by atoms with van der Waals surface area (Å²) in [5, 5.41) is 3.01. The molecule has 2 aliphatic rings. The summed E-state index contributed by atoms with van der Waals surface area (Å²) in [6.45, 7) is 3.81. The zero-order valence-electron chi connectivity index (χ0n) is 18.2. The Labute approximate surface area is 189 Å². The number of nitrogens with one attached hydrogen (secondary N) is 1. The van der Waals surface area contributed by atoms with Crippen LogP contribution in [0.4, 0.5) is 10.5 Å². The molecule has 0 aliphatic carbocycles. The van der Waals surface area contributed by atoms with Crippen molar-refractivity contribution in [1.29, 1.82) is 0 Å². The molecule has 0 radical (unpaired) electrons. The molecule has 0 atom stereocenters. The minimum atomic E-state index is -0.0442. The largest absolute Gasteiger partial charge is 0.457 e. The first-order valence-electron chi connectivity index (χ1n) is 11.4. The van der Waals surface area contributed by atoms with E-state index in [0.29, 0.717) is 17.7 Å². The van der Waals surface area contributed by atoms with Gasteiger partial charge in [-0.15, -0.1) is 0 Å². The zero-order valence-corrected chi connectivity index (χ0v) is 18.2. The molecule has 5 nitrogen and oxygen atoms in total. The predicted octanol–water partition coefficient (Wildman–Crippen LogP) is 5.57. The highest BCUT2D eigenvalue weighted by atomic mass is 16.5. The minimum Gasteiger partial charge on any atom is -0.457 e. The molecule has 0 aromatic heterocycles. The van der Waals surface area contributed by atoms with E-state index >= 15 is 0 Å². The lowest BCUT2D eigenvalue weighted by Crippen LogP contribution is -2.62. The van der Waals surface area contributed by atoms with Crippen molar-refractivity contribution in [3.63, 3.8) is 0 Å². The Morgan fingerprint density at radius 2 is 1.47 bits per heavy atom. The van der Waals surface area contributed by atoms with Crippen LogP contribution >= 0.6 is 0 Å². The lowest BCUT2D eigenvalue weighted by atomic mass is 9.88. The molecule has 3 aromatic carbocycles. The Bertz CT molecular complexity index is 1030. The number of carbonyl (C=O) groups excluding carboxylic acids is 1. The summed E-state index contributed by atoms with van der Waals surface area (Å²) in [6.07, 6.45) is 2.39. The lowest BCUT2D eigenvalue weighted by molar-refractivity contribution is 0.0454. The molecule has 2 aliphatic heterocycles. The van der Waals surface area contributed by atoms with Crippen molar-refractivity contribution in [2.45, 2.75) is 24.8 Å². The van der Waals surface area contributed by atoms with E-state index in [2.05, 4.69) is 40.5 Å². The van der Waals surface area contributed by atoms with E-state index < -0.39 is 0 Å². The van der Waals surface area contributed by atoms with E-state index in [1.165, 1.54) is 18.4 Å². The zero-order chi connectivity index (χ0) is 21.8. The van der Waals surface area contributed by atoms with Crippen LogP contribution in [0, 0.1) is 0 Å². The summed E-state index contributed by atoms with van der Waals surface area (Å²) in [6, 6.07) is 28.4. The minimum absolute atomic E-state index is 0.0442. The average Bonchev–Trinajstić information content (AvgIpc) is 2.80. The number of carbonyl (C=O) groups is 1. The quantitative estimate of drug-likeness (QED) is 0.579. The Morgan fingerprint density at radius 3 is 2.19 bits per heavy atom. The molecule has 2 fully saturated rings. The second-order valence-electron chi connectivity index (χ2n) is 8.65. The van der Waals surface area contributed by atoms with Crippen LogP contribution < -0.4 is 10.1 Å². The van der Waals surface area contributed by atoms with Gasteiger partial charge in [0.1, 0.15) is 11.5 Å². The summed E-state index contributed by atoms with van der Waals surface area (Å²) >= 11 is 0. The van der Waals surface area contributed by atoms with Gasteiger partial charge in [0.15, 0.2) is 0 Å². The number of rotatable bonds is 5. The Kier molecular flexibility index (Phi) is 6.08. The molecule has 0 unspecified atom stereocenters. The smallest absolute Gasteiger partial charge is 0.321 e. The van der Waals surface area contributed by atoms with Crippen LogP contribution in [0.1, 0.15) is 24.3 Å². The molecule has 32 heavy (non-hydrogen) atoms. The van der Waals surface area contributed by atoms with Crippen molar-refractivity contribution in [2.75, 3.05) is 31.5 Å². The SMILES string of the molecule is O=C(Nc1cccc(Oc2ccccc2)c1)N1CC(N2CCC(c3ccccc3)CC2)C1. The van der Waals surface area contributed by atoms with Gasteiger partial charge < -0.3 is 15.0 Å². The highest BCUT2D eigenvalue weighted by molar-refractivity contribution is 5.90. The third-order valence-corrected chi connectivity index (χ3v) is 6.53. The number of likely N-dealkylation sites (tertiary alicyclic amines) is 2. The van der Waals surface area contributed by atoms with Crippen LogP contribution in [0.2, 0.25) is 0 Å². The summed E-state index contributed by atoms with van der Waals surface area (Å²) in [5.41, 5.74) is 2.20. The van der Waals surface area contributed by atoms with Gasteiger partial charge in [-0.1, -0.05) is 54.6 Å². The van der Waals surface area contributed by atoms with Crippen LogP contribution in [0.3, 0.4) is 0 Å². The van der Waals surface area contributed by atoms with Gasteiger partial charge >= 0.3 is 6.03 Å². The third kappa shape index (κ3) is 4.78. The Morgan fingerprint density at radius 1 is 0.812 bits per heavy atom. The van der Waals surface area contributed by atoms with E-state index in [1.807, 2.05) is 59.5 Å². The molecular formula is C27H29N3O2. The second kappa shape index (κ2) is 9.45. The molecule has 164 valence electrons. The van der Waals surface area contributed by atoms with Gasteiger partial charge in [0.2, 0.25) is 0 Å². The van der Waals surface area contributed by atoms with Crippen LogP contribution in [-0.2, 0) is 0 Å². The molecule has 0 saturated carbocycles. The molecule has 5 rings (SSSR count). The molecule has 5 heteroatoms. The van der Waals surface area contributed by atoms with E-state index in [0.717, 1.165) is 37.6 Å². The summed E-state index contributed by atoms with van der Waals surface area (Å²) in [4.78, 5) is 17.1. The number of amides is 2. The van der Waals surface area contributed by atoms with Crippen LogP contribution in [0.25, 0.3) is 0 Å². The Balaban J connectivity index is 1.09. The number of hydrogen-bond acceptors (Lipinski definition) is 3. The summed E-state index contributed by atoms with van der Waals surface area (Å²) < 4.78 is 5.87. The normalized spacial score (nSPS) is 17.6. The number of piperidine rings is 1. The van der Waals surface area contributed by atoms with Gasteiger partial charge in [-0.2, -0.15) is 0 Å². The monoisotopic (exact) mass is 427 g/mol. The fourth-order valence-corrected chi connectivity index (χ4v) is 4.64. The fourth-order valence-electron chi connectivity index (χ4n) is 4.64. The number of benzene rings is 3. The van der Waals surface area contributed by atoms with Gasteiger partial charge in [-0.3, -0.25) is 4.90 Å². The number of hydrogen-bond donors (Lipinski definition) is 1. The maximum Gasteiger partial charge on any atom is 0.321 e. The first kappa shape index (κ1) is 20.6. The van der Waals surface area contributed by atoms with Crippen molar-refractivity contribution < 1.29 is 9.53 Å². The molecule has 1 N–H and O–H groups in total. The van der Waals surface area contributed by atoms with Crippen molar-refractivity contribution in [1.82, 2.24) is 9.80 Å². The summed E-state index contributed by atoms with van der Waals surface area (Å²) in [7, 11) is 0. The number of nitrogens with zero attached hydrogens (tertiary/aromatic N) is 2. The fraction of sp³-hybridized carbons (Fsp3) is 0.296. The topological polar surface area (TPSA) is 44.8 Å². The first-order chi connectivity index (χ1) is 15.7. The number of anilines is 1. The maximum absolute atomic E-state index is 12.7. The van der Waals surface area contributed by atoms with Crippen molar-refractivity contribution in [3.05, 3.63) is 90.5 Å². The van der Waals surface area contributed by atoms with Crippen molar-refractivity contribution in [2.24, 2.45) is 0 Å². The third-order valence-electron chi connectivity index (χ3n) is 6.53. The number of urea groups is 1. The lowest BCUT2D eigenvalue weighted by Gasteiger charge is -2.47. The molecule has 0 spiro atoms. The van der Waals surface area contributed by atoms with Crippen LogP contribution in [0.15, 0.2) is 84.9 Å².